The number of hydrogen-bond acceptors (Lipinski definition) is 3. The molecular formula is C7H13NO3. The second-order valence-electron chi connectivity index (χ2n) is 2.56. The van der Waals surface area contributed by atoms with Gasteiger partial charge in [0.2, 0.25) is 0 Å². The summed E-state index contributed by atoms with van der Waals surface area (Å²) in [6.45, 7) is 5.12. The molecule has 0 fully saturated rings. The van der Waals surface area contributed by atoms with Crippen LogP contribution in [0.25, 0.3) is 0 Å². The van der Waals surface area contributed by atoms with Crippen molar-refractivity contribution < 1.29 is 9.66 Å². The van der Waals surface area contributed by atoms with Gasteiger partial charge in [-0.1, -0.05) is 13.8 Å². The Kier molecular flexibility index (Phi) is 3.57. The first-order chi connectivity index (χ1) is 5.00. The van der Waals surface area contributed by atoms with E-state index < -0.39 is 4.92 Å². The molecule has 0 bridgehead atoms. The Morgan fingerprint density at radius 3 is 2.09 bits per heavy atom. The number of ether oxygens (including phenoxy) is 1. The van der Waals surface area contributed by atoms with Gasteiger partial charge in [-0.05, 0) is 6.92 Å². The summed E-state index contributed by atoms with van der Waals surface area (Å²) in [4.78, 5) is 10.0. The Bertz CT molecular complexity index is 184. The molecular weight excluding hydrogens is 146 g/mol. The fourth-order valence-electron chi connectivity index (χ4n) is 0.850. The van der Waals surface area contributed by atoms with E-state index in [1.54, 1.807) is 20.8 Å². The van der Waals surface area contributed by atoms with Crippen LogP contribution in [0.15, 0.2) is 11.5 Å². The molecule has 4 nitrogen and oxygen atoms in total. The largest absolute Gasteiger partial charge is 0.495 e. The highest BCUT2D eigenvalue weighted by atomic mass is 16.6. The smallest absolute Gasteiger partial charge is 0.285 e. The predicted octanol–water partition coefficient (Wildman–Crippen LogP) is 1.80. The van der Waals surface area contributed by atoms with Gasteiger partial charge in [0.1, 0.15) is 0 Å². The Balaban J connectivity index is 4.73. The van der Waals surface area contributed by atoms with E-state index in [1.807, 2.05) is 0 Å². The van der Waals surface area contributed by atoms with E-state index in [-0.39, 0.29) is 11.6 Å². The number of rotatable bonds is 3. The molecule has 0 aromatic heterocycles. The first-order valence-electron chi connectivity index (χ1n) is 3.39. The Labute approximate surface area is 66.0 Å². The molecule has 0 aromatic rings. The molecule has 0 aliphatic carbocycles. The van der Waals surface area contributed by atoms with Crippen LogP contribution in [0.2, 0.25) is 0 Å². The molecule has 0 N–H and O–H groups in total. The van der Waals surface area contributed by atoms with Gasteiger partial charge in [0.15, 0.2) is 5.76 Å². The SMILES string of the molecule is CO/C(C)=C(\C(C)C)[N+](=O)[O-]. The van der Waals surface area contributed by atoms with Crippen LogP contribution < -0.4 is 0 Å². The molecule has 4 heteroatoms. The average molecular weight is 159 g/mol. The van der Waals surface area contributed by atoms with Crippen molar-refractivity contribution in [3.63, 3.8) is 0 Å². The van der Waals surface area contributed by atoms with Gasteiger partial charge >= 0.3 is 0 Å². The van der Waals surface area contributed by atoms with Gasteiger partial charge in [-0.2, -0.15) is 0 Å². The monoisotopic (exact) mass is 159 g/mol. The van der Waals surface area contributed by atoms with Gasteiger partial charge in [-0.25, -0.2) is 0 Å². The summed E-state index contributed by atoms with van der Waals surface area (Å²) < 4.78 is 4.77. The Hall–Kier alpha value is -1.06. The van der Waals surface area contributed by atoms with Crippen molar-refractivity contribution in [2.24, 2.45) is 5.92 Å². The zero-order valence-corrected chi connectivity index (χ0v) is 7.25. The molecule has 64 valence electrons. The molecule has 0 rings (SSSR count). The van der Waals surface area contributed by atoms with Crippen molar-refractivity contribution in [1.82, 2.24) is 0 Å². The van der Waals surface area contributed by atoms with Crippen LogP contribution in [0.5, 0.6) is 0 Å². The topological polar surface area (TPSA) is 52.4 Å². The molecule has 0 saturated heterocycles. The second-order valence-corrected chi connectivity index (χ2v) is 2.56. The quantitative estimate of drug-likeness (QED) is 0.358. The highest BCUT2D eigenvalue weighted by molar-refractivity contribution is 4.99. The molecule has 11 heavy (non-hydrogen) atoms. The van der Waals surface area contributed by atoms with Crippen LogP contribution in [0.3, 0.4) is 0 Å². The molecule has 0 aliphatic heterocycles. The molecule has 0 unspecified atom stereocenters. The van der Waals surface area contributed by atoms with Gasteiger partial charge in [0, 0.05) is 5.92 Å². The van der Waals surface area contributed by atoms with Crippen LogP contribution in [0.1, 0.15) is 20.8 Å². The summed E-state index contributed by atoms with van der Waals surface area (Å²) in [5.74, 6) is 0.273. The van der Waals surface area contributed by atoms with Crippen LogP contribution in [0, 0.1) is 16.0 Å². The number of nitro groups is 1. The zero-order valence-electron chi connectivity index (χ0n) is 7.25. The minimum absolute atomic E-state index is 0.107. The number of allylic oxidation sites excluding steroid dienone is 2. The number of methoxy groups -OCH3 is 1. The van der Waals surface area contributed by atoms with E-state index in [9.17, 15) is 10.1 Å². The summed E-state index contributed by atoms with van der Waals surface area (Å²) >= 11 is 0. The summed E-state index contributed by atoms with van der Waals surface area (Å²) in [7, 11) is 1.43. The molecule has 0 aliphatic rings. The number of hydrogen-bond donors (Lipinski definition) is 0. The van der Waals surface area contributed by atoms with Crippen molar-refractivity contribution in [2.75, 3.05) is 7.11 Å². The third-order valence-electron chi connectivity index (χ3n) is 1.41. The summed E-state index contributed by atoms with van der Waals surface area (Å²) in [6, 6.07) is 0. The lowest BCUT2D eigenvalue weighted by atomic mass is 10.1. The highest BCUT2D eigenvalue weighted by Crippen LogP contribution is 2.15. The molecule has 0 saturated carbocycles. The molecule has 0 spiro atoms. The maximum Gasteiger partial charge on any atom is 0.285 e. The predicted molar refractivity (Wildman–Crippen MR) is 41.5 cm³/mol. The minimum atomic E-state index is -0.399. The molecule has 0 atom stereocenters. The van der Waals surface area contributed by atoms with E-state index in [0.717, 1.165) is 0 Å². The lowest BCUT2D eigenvalue weighted by Crippen LogP contribution is -2.09. The molecule has 0 aromatic carbocycles. The van der Waals surface area contributed by atoms with Crippen molar-refractivity contribution in [3.8, 4) is 0 Å². The highest BCUT2D eigenvalue weighted by Gasteiger charge is 2.20. The van der Waals surface area contributed by atoms with E-state index in [1.165, 1.54) is 7.11 Å². The Morgan fingerprint density at radius 2 is 2.00 bits per heavy atom. The van der Waals surface area contributed by atoms with E-state index in [0.29, 0.717) is 5.76 Å². The molecule has 0 amide bonds. The fourth-order valence-corrected chi connectivity index (χ4v) is 0.850. The normalized spacial score (nSPS) is 12.8. The van der Waals surface area contributed by atoms with Gasteiger partial charge in [-0.15, -0.1) is 0 Å². The standard InChI is InChI=1S/C7H13NO3/c1-5(2)7(8(9)10)6(3)11-4/h5H,1-4H3/b7-6+. The second kappa shape index (κ2) is 3.95. The summed E-state index contributed by atoms with van der Waals surface area (Å²) in [6.07, 6.45) is 0. The van der Waals surface area contributed by atoms with E-state index in [4.69, 9.17) is 4.74 Å². The van der Waals surface area contributed by atoms with Crippen LogP contribution >= 0.6 is 0 Å². The van der Waals surface area contributed by atoms with Crippen molar-refractivity contribution >= 4 is 0 Å². The van der Waals surface area contributed by atoms with Crippen LogP contribution in [-0.4, -0.2) is 12.0 Å². The van der Waals surface area contributed by atoms with Gasteiger partial charge in [0.05, 0.1) is 12.0 Å². The summed E-state index contributed by atoms with van der Waals surface area (Å²) in [5.41, 5.74) is 0.146. The third-order valence-corrected chi connectivity index (χ3v) is 1.41. The van der Waals surface area contributed by atoms with Gasteiger partial charge < -0.3 is 4.74 Å². The van der Waals surface area contributed by atoms with Crippen LogP contribution in [0.4, 0.5) is 0 Å². The summed E-state index contributed by atoms with van der Waals surface area (Å²) in [5, 5.41) is 10.4. The van der Waals surface area contributed by atoms with Crippen molar-refractivity contribution in [2.45, 2.75) is 20.8 Å². The maximum atomic E-state index is 10.4. The molecule has 0 radical (unpaired) electrons. The van der Waals surface area contributed by atoms with E-state index in [2.05, 4.69) is 0 Å². The van der Waals surface area contributed by atoms with Crippen molar-refractivity contribution in [1.29, 1.82) is 0 Å². The first-order valence-corrected chi connectivity index (χ1v) is 3.39. The first kappa shape index (κ1) is 9.94. The van der Waals surface area contributed by atoms with Gasteiger partial charge in [-0.3, -0.25) is 10.1 Å². The fraction of sp³-hybridized carbons (Fsp3) is 0.714. The minimum Gasteiger partial charge on any atom is -0.495 e. The lowest BCUT2D eigenvalue weighted by Gasteiger charge is -2.04. The number of nitrogens with zero attached hydrogens (tertiary/aromatic N) is 1. The lowest BCUT2D eigenvalue weighted by molar-refractivity contribution is -0.436. The zero-order chi connectivity index (χ0) is 9.02. The average Bonchev–Trinajstić information content (AvgIpc) is 1.85. The molecule has 0 heterocycles. The Morgan fingerprint density at radius 1 is 1.55 bits per heavy atom. The third kappa shape index (κ3) is 2.57. The van der Waals surface area contributed by atoms with Crippen LogP contribution in [-0.2, 0) is 4.74 Å². The van der Waals surface area contributed by atoms with Crippen molar-refractivity contribution in [3.05, 3.63) is 21.6 Å². The van der Waals surface area contributed by atoms with E-state index >= 15 is 0 Å². The maximum absolute atomic E-state index is 10.4. The van der Waals surface area contributed by atoms with Gasteiger partial charge in [0.25, 0.3) is 5.70 Å².